The Labute approximate surface area is 126 Å². The molecule has 0 aromatic carbocycles. The first-order chi connectivity index (χ1) is 10.0. The number of amides is 2. The van der Waals surface area contributed by atoms with E-state index in [2.05, 4.69) is 17.1 Å². The minimum atomic E-state index is -0.746. The van der Waals surface area contributed by atoms with Crippen LogP contribution in [0.2, 0.25) is 0 Å². The molecule has 2 amide bonds. The monoisotopic (exact) mass is 297 g/mol. The maximum Gasteiger partial charge on any atom is 0.317 e. The van der Waals surface area contributed by atoms with E-state index in [4.69, 9.17) is 5.11 Å². The maximum atomic E-state index is 12.2. The number of likely N-dealkylation sites (tertiary alicyclic amines) is 1. The molecule has 2 fully saturated rings. The van der Waals surface area contributed by atoms with Crippen molar-refractivity contribution in [3.63, 3.8) is 0 Å². The van der Waals surface area contributed by atoms with Crippen LogP contribution in [0.3, 0.4) is 0 Å². The van der Waals surface area contributed by atoms with Gasteiger partial charge in [-0.25, -0.2) is 4.79 Å². The van der Waals surface area contributed by atoms with Crippen LogP contribution in [0.15, 0.2) is 0 Å². The minimum absolute atomic E-state index is 0.00639. The standard InChI is InChI=1S/C15H27N3O3/c1-3-18-8-4-5-13(18)10-17(2)15(21)16-12-7-6-11(9-12)14(19)20/h11-13H,3-10H2,1-2H3,(H,16,21)(H,19,20). The molecule has 6 heteroatoms. The number of carbonyl (C=O) groups is 2. The summed E-state index contributed by atoms with van der Waals surface area (Å²) in [5.74, 6) is -1.05. The Kier molecular flexibility index (Phi) is 5.45. The van der Waals surface area contributed by atoms with Crippen LogP contribution in [0.1, 0.15) is 39.0 Å². The number of likely N-dealkylation sites (N-methyl/N-ethyl adjacent to an activating group) is 2. The van der Waals surface area contributed by atoms with E-state index < -0.39 is 5.97 Å². The summed E-state index contributed by atoms with van der Waals surface area (Å²) in [4.78, 5) is 27.3. The fourth-order valence-electron chi connectivity index (χ4n) is 3.54. The second kappa shape index (κ2) is 7.11. The van der Waals surface area contributed by atoms with Crippen molar-refractivity contribution in [1.82, 2.24) is 15.1 Å². The molecule has 2 rings (SSSR count). The zero-order valence-corrected chi connectivity index (χ0v) is 13.0. The summed E-state index contributed by atoms with van der Waals surface area (Å²) in [5, 5.41) is 12.0. The lowest BCUT2D eigenvalue weighted by atomic mass is 10.1. The Balaban J connectivity index is 1.76. The molecule has 1 aliphatic carbocycles. The summed E-state index contributed by atoms with van der Waals surface area (Å²) in [6.45, 7) is 5.06. The van der Waals surface area contributed by atoms with Crippen LogP contribution in [0.4, 0.5) is 4.79 Å². The first-order valence-electron chi connectivity index (χ1n) is 7.99. The maximum absolute atomic E-state index is 12.2. The molecule has 2 aliphatic rings. The summed E-state index contributed by atoms with van der Waals surface area (Å²) in [6.07, 6.45) is 4.34. The van der Waals surface area contributed by atoms with Crippen LogP contribution in [0, 0.1) is 5.92 Å². The van der Waals surface area contributed by atoms with E-state index in [1.807, 2.05) is 7.05 Å². The number of hydrogen-bond donors (Lipinski definition) is 2. The number of nitrogens with one attached hydrogen (secondary N) is 1. The van der Waals surface area contributed by atoms with E-state index >= 15 is 0 Å². The zero-order chi connectivity index (χ0) is 15.4. The lowest BCUT2D eigenvalue weighted by Crippen LogP contribution is -2.47. The van der Waals surface area contributed by atoms with Crippen molar-refractivity contribution in [1.29, 1.82) is 0 Å². The van der Waals surface area contributed by atoms with E-state index in [0.29, 0.717) is 18.9 Å². The van der Waals surface area contributed by atoms with Crippen molar-refractivity contribution in [2.75, 3.05) is 26.7 Å². The second-order valence-corrected chi connectivity index (χ2v) is 6.30. The van der Waals surface area contributed by atoms with Crippen LogP contribution in [0.5, 0.6) is 0 Å². The number of carboxylic acids is 1. The number of aliphatic carboxylic acids is 1. The van der Waals surface area contributed by atoms with E-state index in [0.717, 1.165) is 32.5 Å². The smallest absolute Gasteiger partial charge is 0.317 e. The molecule has 2 N–H and O–H groups in total. The summed E-state index contributed by atoms with van der Waals surface area (Å²) < 4.78 is 0. The highest BCUT2D eigenvalue weighted by Gasteiger charge is 2.32. The van der Waals surface area contributed by atoms with Gasteiger partial charge in [-0.1, -0.05) is 6.92 Å². The molecule has 1 saturated heterocycles. The molecule has 0 bridgehead atoms. The molecule has 3 unspecified atom stereocenters. The van der Waals surface area contributed by atoms with Gasteiger partial charge in [0.15, 0.2) is 0 Å². The van der Waals surface area contributed by atoms with Crippen LogP contribution >= 0.6 is 0 Å². The normalized spacial score (nSPS) is 29.5. The highest BCUT2D eigenvalue weighted by molar-refractivity contribution is 5.75. The Morgan fingerprint density at radius 2 is 2.10 bits per heavy atom. The van der Waals surface area contributed by atoms with Gasteiger partial charge < -0.3 is 15.3 Å². The first kappa shape index (κ1) is 16.1. The Morgan fingerprint density at radius 3 is 2.71 bits per heavy atom. The molecule has 0 aromatic rings. The van der Waals surface area contributed by atoms with Gasteiger partial charge in [0.25, 0.3) is 0 Å². The van der Waals surface area contributed by atoms with Gasteiger partial charge in [0.05, 0.1) is 5.92 Å². The molecular weight excluding hydrogens is 270 g/mol. The van der Waals surface area contributed by atoms with Gasteiger partial charge in [0.2, 0.25) is 0 Å². The third-order valence-corrected chi connectivity index (χ3v) is 4.85. The molecule has 1 aliphatic heterocycles. The van der Waals surface area contributed by atoms with Gasteiger partial charge in [-0.15, -0.1) is 0 Å². The van der Waals surface area contributed by atoms with Crippen LogP contribution in [-0.2, 0) is 4.79 Å². The summed E-state index contributed by atoms with van der Waals surface area (Å²) in [5.41, 5.74) is 0. The Bertz CT molecular complexity index is 388. The van der Waals surface area contributed by atoms with E-state index in [1.165, 1.54) is 6.42 Å². The van der Waals surface area contributed by atoms with Crippen molar-refractivity contribution < 1.29 is 14.7 Å². The lowest BCUT2D eigenvalue weighted by Gasteiger charge is -2.28. The van der Waals surface area contributed by atoms with Crippen molar-refractivity contribution in [3.05, 3.63) is 0 Å². The molecular formula is C15H27N3O3. The van der Waals surface area contributed by atoms with Crippen LogP contribution in [-0.4, -0.2) is 65.7 Å². The highest BCUT2D eigenvalue weighted by atomic mass is 16.4. The largest absolute Gasteiger partial charge is 0.481 e. The molecule has 0 aromatic heterocycles. The molecule has 0 spiro atoms. The third kappa shape index (κ3) is 4.09. The highest BCUT2D eigenvalue weighted by Crippen LogP contribution is 2.25. The summed E-state index contributed by atoms with van der Waals surface area (Å²) >= 11 is 0. The predicted molar refractivity (Wildman–Crippen MR) is 80.2 cm³/mol. The molecule has 6 nitrogen and oxygen atoms in total. The van der Waals surface area contributed by atoms with Gasteiger partial charge in [-0.3, -0.25) is 9.69 Å². The molecule has 1 heterocycles. The lowest BCUT2D eigenvalue weighted by molar-refractivity contribution is -0.141. The molecule has 120 valence electrons. The Hall–Kier alpha value is -1.30. The van der Waals surface area contributed by atoms with Gasteiger partial charge in [-0.05, 0) is 45.2 Å². The quantitative estimate of drug-likeness (QED) is 0.804. The fourth-order valence-corrected chi connectivity index (χ4v) is 3.54. The summed E-state index contributed by atoms with van der Waals surface area (Å²) in [7, 11) is 1.82. The minimum Gasteiger partial charge on any atom is -0.481 e. The first-order valence-corrected chi connectivity index (χ1v) is 7.99. The molecule has 0 radical (unpaired) electrons. The molecule has 21 heavy (non-hydrogen) atoms. The third-order valence-electron chi connectivity index (χ3n) is 4.85. The van der Waals surface area contributed by atoms with Gasteiger partial charge >= 0.3 is 12.0 Å². The molecule has 3 atom stereocenters. The number of carboxylic acid groups (broad SMARTS) is 1. The fraction of sp³-hybridized carbons (Fsp3) is 0.867. The number of carbonyl (C=O) groups excluding carboxylic acids is 1. The second-order valence-electron chi connectivity index (χ2n) is 6.30. The van der Waals surface area contributed by atoms with Crippen LogP contribution < -0.4 is 5.32 Å². The van der Waals surface area contributed by atoms with Crippen molar-refractivity contribution in [3.8, 4) is 0 Å². The van der Waals surface area contributed by atoms with E-state index in [-0.39, 0.29) is 18.0 Å². The topological polar surface area (TPSA) is 72.9 Å². The van der Waals surface area contributed by atoms with Crippen molar-refractivity contribution >= 4 is 12.0 Å². The Morgan fingerprint density at radius 1 is 1.33 bits per heavy atom. The predicted octanol–water partition coefficient (Wildman–Crippen LogP) is 1.37. The molecule has 1 saturated carbocycles. The zero-order valence-electron chi connectivity index (χ0n) is 13.0. The van der Waals surface area contributed by atoms with Gasteiger partial charge in [-0.2, -0.15) is 0 Å². The van der Waals surface area contributed by atoms with Crippen molar-refractivity contribution in [2.45, 2.75) is 51.1 Å². The average Bonchev–Trinajstić information content (AvgIpc) is 3.07. The van der Waals surface area contributed by atoms with Gasteiger partial charge in [0.1, 0.15) is 0 Å². The van der Waals surface area contributed by atoms with E-state index in [9.17, 15) is 9.59 Å². The van der Waals surface area contributed by atoms with E-state index in [1.54, 1.807) is 4.90 Å². The number of nitrogens with zero attached hydrogens (tertiary/aromatic N) is 2. The average molecular weight is 297 g/mol. The summed E-state index contributed by atoms with van der Waals surface area (Å²) in [6, 6.07) is 0.391. The van der Waals surface area contributed by atoms with Gasteiger partial charge in [0, 0.05) is 25.7 Å². The number of urea groups is 1. The number of rotatable bonds is 5. The van der Waals surface area contributed by atoms with Crippen molar-refractivity contribution in [2.24, 2.45) is 5.92 Å². The van der Waals surface area contributed by atoms with Crippen LogP contribution in [0.25, 0.3) is 0 Å². The number of hydrogen-bond acceptors (Lipinski definition) is 3. The SMILES string of the molecule is CCN1CCCC1CN(C)C(=O)NC1CCC(C(=O)O)C1.